The fourth-order valence-electron chi connectivity index (χ4n) is 0.996. The van der Waals surface area contributed by atoms with Gasteiger partial charge in [0, 0.05) is 5.02 Å². The van der Waals surface area contributed by atoms with Gasteiger partial charge in [0.1, 0.15) is 4.90 Å². The van der Waals surface area contributed by atoms with Gasteiger partial charge in [-0.15, -0.1) is 5.46 Å². The largest absolute Gasteiger partial charge is 1.00 e. The summed E-state index contributed by atoms with van der Waals surface area (Å²) in [6.07, 6.45) is 0. The van der Waals surface area contributed by atoms with Crippen LogP contribution in [-0.2, 0) is 0 Å². The van der Waals surface area contributed by atoms with E-state index >= 15 is 0 Å². The van der Waals surface area contributed by atoms with Crippen LogP contribution in [0.1, 0.15) is 0 Å². The van der Waals surface area contributed by atoms with E-state index in [-0.39, 0.29) is 63.5 Å². The molecule has 18 heavy (non-hydrogen) atoms. The molecule has 0 bridgehead atoms. The zero-order chi connectivity index (χ0) is 13.8. The van der Waals surface area contributed by atoms with Crippen molar-refractivity contribution in [2.24, 2.45) is 0 Å². The molecule has 0 aliphatic rings. The number of hydrogen-bond acceptors (Lipinski definition) is 0. The van der Waals surface area contributed by atoms with E-state index in [1.165, 1.54) is 0 Å². The molecule has 0 fully saturated rings. The van der Waals surface area contributed by atoms with Crippen LogP contribution < -0.4 is 56.8 Å². The molecule has 100 valence electrons. The third kappa shape index (κ3) is 5.18. The summed E-state index contributed by atoms with van der Waals surface area (Å²) in [4.78, 5) is -2.65. The molecule has 0 aliphatic carbocycles. The third-order valence-electron chi connectivity index (χ3n) is 1.72. The molecule has 0 aliphatic heterocycles. The van der Waals surface area contributed by atoms with Gasteiger partial charge in [-0.3, -0.25) is 0 Å². The monoisotopic (exact) mass is 344 g/mol. The molecular weight excluding hydrogens is 341 g/mol. The molecule has 0 atom stereocenters. The summed E-state index contributed by atoms with van der Waals surface area (Å²) in [5.74, 6) is 0. The van der Waals surface area contributed by atoms with Crippen LogP contribution in [0.15, 0.2) is 23.1 Å². The number of hydrogen-bond donors (Lipinski definition) is 0. The summed E-state index contributed by atoms with van der Waals surface area (Å²) in [7, 11) is -10.2. The summed E-state index contributed by atoms with van der Waals surface area (Å²) in [6.45, 7) is -5.84. The van der Waals surface area contributed by atoms with Crippen molar-refractivity contribution in [3.05, 3.63) is 23.2 Å². The Bertz CT molecular complexity index is 468. The average molecular weight is 345 g/mol. The van der Waals surface area contributed by atoms with Gasteiger partial charge in [-0.05, 0) is 6.07 Å². The zero-order valence-corrected chi connectivity index (χ0v) is 13.3. The maximum Gasteiger partial charge on any atom is 1.00 e. The van der Waals surface area contributed by atoms with E-state index in [0.29, 0.717) is 0 Å². The van der Waals surface area contributed by atoms with Crippen LogP contribution in [0.4, 0.5) is 32.4 Å². The molecule has 0 heterocycles. The van der Waals surface area contributed by atoms with Gasteiger partial charge in [-0.25, -0.2) is 0 Å². The van der Waals surface area contributed by atoms with E-state index in [1.54, 1.807) is 0 Å². The van der Waals surface area contributed by atoms with Crippen molar-refractivity contribution < 1.29 is 83.8 Å². The van der Waals surface area contributed by atoms with Crippen LogP contribution >= 0.6 is 21.8 Å². The van der Waals surface area contributed by atoms with Crippen molar-refractivity contribution >= 4 is 34.3 Å². The first-order valence-corrected chi connectivity index (χ1v) is 6.17. The molecule has 0 spiro atoms. The Morgan fingerprint density at radius 3 is 1.67 bits per heavy atom. The van der Waals surface area contributed by atoms with Gasteiger partial charge in [0.25, 0.3) is 0 Å². The molecular formula is C6H3BClF8KS. The molecule has 0 radical (unpaired) electrons. The van der Waals surface area contributed by atoms with Crippen molar-refractivity contribution in [2.45, 2.75) is 4.90 Å². The molecule has 0 aromatic heterocycles. The molecule has 0 saturated carbocycles. The maximum atomic E-state index is 12.3. The van der Waals surface area contributed by atoms with Crippen molar-refractivity contribution in [1.29, 1.82) is 0 Å². The van der Waals surface area contributed by atoms with Crippen molar-refractivity contribution in [3.8, 4) is 0 Å². The topological polar surface area (TPSA) is 0 Å². The molecule has 0 N–H and O–H groups in total. The minimum atomic E-state index is -10.2. The minimum Gasteiger partial charge on any atom is -0.445 e. The first-order valence-electron chi connectivity index (χ1n) is 3.84. The third-order valence-corrected chi connectivity index (χ3v) is 3.06. The second-order valence-corrected chi connectivity index (χ2v) is 6.11. The molecule has 1 aromatic carbocycles. The van der Waals surface area contributed by atoms with Crippen LogP contribution in [-0.4, -0.2) is 6.98 Å². The van der Waals surface area contributed by atoms with E-state index in [1.807, 2.05) is 0 Å². The van der Waals surface area contributed by atoms with Crippen LogP contribution in [0.3, 0.4) is 0 Å². The van der Waals surface area contributed by atoms with Gasteiger partial charge in [0.15, 0.2) is 0 Å². The minimum absolute atomic E-state index is 0. The van der Waals surface area contributed by atoms with Gasteiger partial charge >= 0.3 is 68.6 Å². The summed E-state index contributed by atoms with van der Waals surface area (Å²) in [5, 5.41) is -1.05. The van der Waals surface area contributed by atoms with E-state index in [4.69, 9.17) is 11.6 Å². The van der Waals surface area contributed by atoms with Gasteiger partial charge in [-0.1, -0.05) is 43.2 Å². The predicted molar refractivity (Wildman–Crippen MR) is 51.6 cm³/mol. The van der Waals surface area contributed by atoms with Crippen LogP contribution in [0.2, 0.25) is 5.02 Å². The molecule has 0 nitrogen and oxygen atoms in total. The van der Waals surface area contributed by atoms with E-state index in [2.05, 4.69) is 0 Å². The fourth-order valence-corrected chi connectivity index (χ4v) is 2.01. The van der Waals surface area contributed by atoms with Gasteiger partial charge in [0.2, 0.25) is 0 Å². The molecule has 0 unspecified atom stereocenters. The number of rotatable bonds is 2. The summed E-state index contributed by atoms with van der Waals surface area (Å²) >= 11 is 4.98. The Morgan fingerprint density at radius 1 is 0.889 bits per heavy atom. The second-order valence-electron chi connectivity index (χ2n) is 3.26. The van der Waals surface area contributed by atoms with Crippen molar-refractivity contribution in [2.75, 3.05) is 0 Å². The first-order chi connectivity index (χ1) is 7.09. The molecule has 0 saturated heterocycles. The Hall–Kier alpha value is 1.00. The van der Waals surface area contributed by atoms with E-state index in [9.17, 15) is 32.4 Å². The predicted octanol–water partition coefficient (Wildman–Crippen LogP) is 2.06. The standard InChI is InChI=1S/C6H3BClF8S.K/c8-5-1-4(7(9,10)11)2-6(3-5)17(12,13,14,15)16;/h1-3H;/q-1;+1. The number of halogens is 9. The van der Waals surface area contributed by atoms with Crippen molar-refractivity contribution in [1.82, 2.24) is 0 Å². The molecule has 1 aromatic rings. The Labute approximate surface area is 144 Å². The van der Waals surface area contributed by atoms with E-state index in [0.717, 1.165) is 0 Å². The van der Waals surface area contributed by atoms with Crippen molar-refractivity contribution in [3.63, 3.8) is 0 Å². The van der Waals surface area contributed by atoms with Gasteiger partial charge in [-0.2, -0.15) is 0 Å². The van der Waals surface area contributed by atoms with Crippen LogP contribution in [0.5, 0.6) is 0 Å². The molecule has 12 heteroatoms. The Balaban J connectivity index is 0.00000289. The number of benzene rings is 1. The van der Waals surface area contributed by atoms with E-state index < -0.39 is 38.6 Å². The van der Waals surface area contributed by atoms with Crippen LogP contribution in [0.25, 0.3) is 0 Å². The SMILES string of the molecule is F[B-](F)(F)c1cc(Cl)cc(S(F)(F)(F)(F)F)c1.[K+]. The Morgan fingerprint density at radius 2 is 1.33 bits per heavy atom. The van der Waals surface area contributed by atoms with Crippen LogP contribution in [0, 0.1) is 0 Å². The average Bonchev–Trinajstić information content (AvgIpc) is 1.96. The zero-order valence-electron chi connectivity index (χ0n) is 8.62. The first kappa shape index (κ1) is 19.0. The normalized spacial score (nSPS) is 16.5. The summed E-state index contributed by atoms with van der Waals surface area (Å²) in [5.41, 5.74) is -1.82. The van der Waals surface area contributed by atoms with Gasteiger partial charge in [0.05, 0.1) is 0 Å². The fraction of sp³-hybridized carbons (Fsp3) is 0. The summed E-state index contributed by atoms with van der Waals surface area (Å²) < 4.78 is 98.0. The maximum absolute atomic E-state index is 12.3. The molecule has 1 rings (SSSR count). The second kappa shape index (κ2) is 4.50. The summed E-state index contributed by atoms with van der Waals surface area (Å²) in [6, 6.07) is -0.698. The quantitative estimate of drug-likeness (QED) is 0.569. The smallest absolute Gasteiger partial charge is 0.445 e. The van der Waals surface area contributed by atoms with Gasteiger partial charge < -0.3 is 12.9 Å². The molecule has 0 amide bonds. The Kier molecular flexibility index (Phi) is 4.75.